The third-order valence-electron chi connectivity index (χ3n) is 10.7. The molecular formula is C41H28Cl2N2O5. The average Bonchev–Trinajstić information content (AvgIpc) is 3.62. The number of nitrogens with zero attached hydrogens (tertiary/aromatic N) is 2. The topological polar surface area (TPSA) is 97.6 Å². The molecule has 8 rings (SSSR count). The summed E-state index contributed by atoms with van der Waals surface area (Å²) < 4.78 is 0. The molecule has 5 aromatic carbocycles. The highest BCUT2D eigenvalue weighted by Gasteiger charge is 2.83. The molecule has 2 amide bonds. The first kappa shape index (κ1) is 31.9. The lowest BCUT2D eigenvalue weighted by molar-refractivity contribution is -0.384. The molecule has 246 valence electrons. The van der Waals surface area contributed by atoms with Gasteiger partial charge in [-0.3, -0.25) is 24.5 Å². The van der Waals surface area contributed by atoms with Crippen molar-refractivity contribution in [2.75, 3.05) is 4.90 Å². The summed E-state index contributed by atoms with van der Waals surface area (Å²) in [6.07, 6.45) is 0. The smallest absolute Gasteiger partial charge is 0.293 e. The number of aryl methyl sites for hydroxylation is 2. The summed E-state index contributed by atoms with van der Waals surface area (Å²) >= 11 is 12.8. The van der Waals surface area contributed by atoms with E-state index in [0.29, 0.717) is 54.6 Å². The lowest BCUT2D eigenvalue weighted by Crippen LogP contribution is -2.45. The van der Waals surface area contributed by atoms with Gasteiger partial charge in [-0.05, 0) is 88.7 Å². The Kier molecular flexibility index (Phi) is 7.23. The van der Waals surface area contributed by atoms with Crippen molar-refractivity contribution in [3.63, 3.8) is 0 Å². The van der Waals surface area contributed by atoms with Crippen molar-refractivity contribution >= 4 is 63.3 Å². The van der Waals surface area contributed by atoms with E-state index in [1.54, 1.807) is 62.4 Å². The summed E-state index contributed by atoms with van der Waals surface area (Å²) in [5.41, 5.74) is 1.09. The van der Waals surface area contributed by atoms with Gasteiger partial charge >= 0.3 is 0 Å². The van der Waals surface area contributed by atoms with Gasteiger partial charge in [0.2, 0.25) is 11.8 Å². The van der Waals surface area contributed by atoms with Crippen molar-refractivity contribution < 1.29 is 19.3 Å². The maximum Gasteiger partial charge on any atom is 0.293 e. The molecule has 3 aliphatic rings. The lowest BCUT2D eigenvalue weighted by Gasteiger charge is -2.39. The number of nitro groups is 1. The van der Waals surface area contributed by atoms with Crippen LogP contribution in [0.4, 0.5) is 11.4 Å². The number of carbonyl (C=O) groups excluding carboxylic acids is 3. The molecule has 2 aliphatic carbocycles. The van der Waals surface area contributed by atoms with Gasteiger partial charge in [0, 0.05) is 16.1 Å². The zero-order valence-electron chi connectivity index (χ0n) is 26.9. The standard InChI is InChI=1S/C41H28Cl2N2O5/c1-23-21-31(32(45(49)50)22-24(23)2)44-37(46)35-36(38(44)47)41(28-15-19-30(43)20-16-28)34(26-11-7-4-8-12-26)33(25-9-5-3-6-10-25)40(35,39(41)48)27-13-17-29(42)18-14-27/h3-22,35-36H,1-2H3/t35-,36-,40-,41-/m0/s1. The highest BCUT2D eigenvalue weighted by molar-refractivity contribution is 6.39. The molecule has 0 spiro atoms. The van der Waals surface area contributed by atoms with Crippen LogP contribution >= 0.6 is 23.2 Å². The van der Waals surface area contributed by atoms with E-state index < -0.39 is 39.4 Å². The average molecular weight is 700 g/mol. The maximum absolute atomic E-state index is 16.0. The monoisotopic (exact) mass is 698 g/mol. The molecule has 4 atom stereocenters. The largest absolute Gasteiger partial charge is 0.297 e. The van der Waals surface area contributed by atoms with E-state index in [9.17, 15) is 10.1 Å². The summed E-state index contributed by atoms with van der Waals surface area (Å²) in [6.45, 7) is 3.51. The second-order valence-corrected chi connectivity index (χ2v) is 14.0. The Labute approximate surface area is 297 Å². The number of fused-ring (bicyclic) bond motifs is 5. The Morgan fingerprint density at radius 1 is 0.620 bits per heavy atom. The Balaban J connectivity index is 1.55. The second kappa shape index (κ2) is 11.3. The van der Waals surface area contributed by atoms with Crippen LogP contribution < -0.4 is 4.90 Å². The van der Waals surface area contributed by atoms with E-state index in [0.717, 1.165) is 4.90 Å². The quantitative estimate of drug-likeness (QED) is 0.100. The number of amides is 2. The minimum Gasteiger partial charge on any atom is -0.297 e. The van der Waals surface area contributed by atoms with Gasteiger partial charge in [0.15, 0.2) is 5.78 Å². The van der Waals surface area contributed by atoms with Crippen LogP contribution in [0.1, 0.15) is 33.4 Å². The summed E-state index contributed by atoms with van der Waals surface area (Å²) in [5.74, 6) is -4.16. The zero-order valence-corrected chi connectivity index (χ0v) is 28.4. The van der Waals surface area contributed by atoms with Crippen molar-refractivity contribution in [2.45, 2.75) is 24.7 Å². The van der Waals surface area contributed by atoms with Crippen molar-refractivity contribution in [3.05, 3.63) is 175 Å². The number of carbonyl (C=O) groups is 3. The minimum atomic E-state index is -1.68. The predicted molar refractivity (Wildman–Crippen MR) is 193 cm³/mol. The number of halogens is 2. The predicted octanol–water partition coefficient (Wildman–Crippen LogP) is 8.71. The van der Waals surface area contributed by atoms with Crippen LogP contribution in [0.15, 0.2) is 121 Å². The lowest BCUT2D eigenvalue weighted by atomic mass is 9.59. The number of ketones is 1. The van der Waals surface area contributed by atoms with E-state index in [2.05, 4.69) is 0 Å². The molecular weight excluding hydrogens is 671 g/mol. The van der Waals surface area contributed by atoms with Crippen LogP contribution in [0.25, 0.3) is 11.1 Å². The highest BCUT2D eigenvalue weighted by atomic mass is 35.5. The number of hydrogen-bond donors (Lipinski definition) is 0. The number of nitro benzene ring substituents is 1. The SMILES string of the molecule is Cc1cc(N2C(=O)[C@@H]3[C@@H](C2=O)[C@@]2(c4ccc(Cl)cc4)C(=O)[C@@]3(c3ccc(Cl)cc3)C(c3ccccc3)=C2c2ccccc2)c([N+](=O)[O-])cc1C. The Morgan fingerprint density at radius 3 is 1.42 bits per heavy atom. The van der Waals surface area contributed by atoms with E-state index >= 15 is 14.4 Å². The molecule has 1 heterocycles. The van der Waals surface area contributed by atoms with E-state index in [-0.39, 0.29) is 17.2 Å². The molecule has 1 aliphatic heterocycles. The normalized spacial score (nSPS) is 23.9. The number of Topliss-reactive ketones (excluding diaryl/α,β-unsaturated/α-hetero) is 1. The van der Waals surface area contributed by atoms with Gasteiger partial charge in [0.1, 0.15) is 5.69 Å². The van der Waals surface area contributed by atoms with Gasteiger partial charge in [-0.15, -0.1) is 0 Å². The molecule has 5 aromatic rings. The fourth-order valence-corrected chi connectivity index (χ4v) is 8.96. The van der Waals surface area contributed by atoms with E-state index in [4.69, 9.17) is 23.2 Å². The van der Waals surface area contributed by atoms with Crippen LogP contribution in [0, 0.1) is 35.8 Å². The number of rotatable bonds is 6. The highest BCUT2D eigenvalue weighted by Crippen LogP contribution is 2.74. The van der Waals surface area contributed by atoms with Gasteiger partial charge in [-0.2, -0.15) is 0 Å². The molecule has 1 saturated carbocycles. The second-order valence-electron chi connectivity index (χ2n) is 13.1. The van der Waals surface area contributed by atoms with E-state index in [1.165, 1.54) is 12.1 Å². The molecule has 0 N–H and O–H groups in total. The van der Waals surface area contributed by atoms with Gasteiger partial charge in [-0.25, -0.2) is 4.90 Å². The van der Waals surface area contributed by atoms with Crippen LogP contribution in [0.5, 0.6) is 0 Å². The van der Waals surface area contributed by atoms with Gasteiger partial charge in [-0.1, -0.05) is 108 Å². The Bertz CT molecular complexity index is 2180. The molecule has 0 unspecified atom stereocenters. The number of benzene rings is 5. The third-order valence-corrected chi connectivity index (χ3v) is 11.3. The van der Waals surface area contributed by atoms with Gasteiger partial charge in [0.05, 0.1) is 27.6 Å². The van der Waals surface area contributed by atoms with Crippen LogP contribution in [-0.4, -0.2) is 22.5 Å². The maximum atomic E-state index is 16.0. The molecule has 0 aromatic heterocycles. The van der Waals surface area contributed by atoms with E-state index in [1.807, 2.05) is 60.7 Å². The first-order chi connectivity index (χ1) is 24.0. The van der Waals surface area contributed by atoms with Crippen LogP contribution in [0.2, 0.25) is 10.0 Å². The minimum absolute atomic E-state index is 0.116. The molecule has 50 heavy (non-hydrogen) atoms. The fourth-order valence-electron chi connectivity index (χ4n) is 8.71. The first-order valence-corrected chi connectivity index (χ1v) is 16.9. The van der Waals surface area contributed by atoms with Crippen molar-refractivity contribution in [1.82, 2.24) is 0 Å². The van der Waals surface area contributed by atoms with Gasteiger partial charge < -0.3 is 0 Å². The number of hydrogen-bond acceptors (Lipinski definition) is 5. The number of anilines is 1. The third kappa shape index (κ3) is 4.08. The van der Waals surface area contributed by atoms with Crippen molar-refractivity contribution in [2.24, 2.45) is 11.8 Å². The summed E-state index contributed by atoms with van der Waals surface area (Å²) in [4.78, 5) is 59.4. The Hall–Kier alpha value is -5.37. The zero-order chi connectivity index (χ0) is 35.1. The summed E-state index contributed by atoms with van der Waals surface area (Å²) in [5, 5.41) is 13.3. The van der Waals surface area contributed by atoms with Gasteiger partial charge in [0.25, 0.3) is 5.69 Å². The van der Waals surface area contributed by atoms with Crippen LogP contribution in [0.3, 0.4) is 0 Å². The molecule has 7 nitrogen and oxygen atoms in total. The first-order valence-electron chi connectivity index (χ1n) is 16.1. The number of allylic oxidation sites excluding steroid dienone is 2. The molecule has 2 bridgehead atoms. The Morgan fingerprint density at radius 2 is 1.02 bits per heavy atom. The molecule has 0 radical (unpaired) electrons. The fraction of sp³-hybridized carbons (Fsp3) is 0.146. The number of imide groups is 1. The van der Waals surface area contributed by atoms with Crippen molar-refractivity contribution in [1.29, 1.82) is 0 Å². The molecule has 2 fully saturated rings. The molecule has 1 saturated heterocycles. The summed E-state index contributed by atoms with van der Waals surface area (Å²) in [7, 11) is 0. The molecule has 9 heteroatoms. The summed E-state index contributed by atoms with van der Waals surface area (Å²) in [6, 6.07) is 35.4. The van der Waals surface area contributed by atoms with Crippen LogP contribution in [-0.2, 0) is 25.2 Å². The van der Waals surface area contributed by atoms with Crippen molar-refractivity contribution in [3.8, 4) is 0 Å².